The van der Waals surface area contributed by atoms with Crippen LogP contribution >= 0.6 is 0 Å². The average molecular weight is 231 g/mol. The van der Waals surface area contributed by atoms with E-state index in [2.05, 4.69) is 4.98 Å². The average Bonchev–Trinajstić information content (AvgIpc) is 3.12. The molecule has 88 valence electrons. The van der Waals surface area contributed by atoms with Crippen LogP contribution in [0.15, 0.2) is 24.4 Å². The fourth-order valence-electron chi connectivity index (χ4n) is 2.20. The van der Waals surface area contributed by atoms with E-state index in [1.807, 2.05) is 24.1 Å². The summed E-state index contributed by atoms with van der Waals surface area (Å²) in [5.74, 6) is -0.289. The van der Waals surface area contributed by atoms with Crippen LogP contribution in [0.5, 0.6) is 0 Å². The smallest absolute Gasteiger partial charge is 0.150 e. The lowest BCUT2D eigenvalue weighted by atomic mass is 10.1. The van der Waals surface area contributed by atoms with E-state index in [9.17, 15) is 4.39 Å². The SMILES string of the molecule is CN(c1c(F)cc(N)c2cccnc12)C1CC1. The maximum Gasteiger partial charge on any atom is 0.150 e. The Balaban J connectivity index is 2.28. The third-order valence-electron chi connectivity index (χ3n) is 3.30. The van der Waals surface area contributed by atoms with Crippen LogP contribution in [0.3, 0.4) is 0 Å². The molecule has 2 aromatic rings. The maximum absolute atomic E-state index is 14.1. The van der Waals surface area contributed by atoms with Crippen LogP contribution in [0.25, 0.3) is 10.9 Å². The Morgan fingerprint density at radius 1 is 1.47 bits per heavy atom. The number of pyridine rings is 1. The molecular weight excluding hydrogens is 217 g/mol. The van der Waals surface area contributed by atoms with Crippen molar-refractivity contribution in [2.24, 2.45) is 0 Å². The van der Waals surface area contributed by atoms with Crippen molar-refractivity contribution < 1.29 is 4.39 Å². The van der Waals surface area contributed by atoms with Gasteiger partial charge in [-0.05, 0) is 31.0 Å². The number of rotatable bonds is 2. The van der Waals surface area contributed by atoms with Crippen molar-refractivity contribution in [2.45, 2.75) is 18.9 Å². The van der Waals surface area contributed by atoms with Gasteiger partial charge in [-0.2, -0.15) is 0 Å². The number of fused-ring (bicyclic) bond motifs is 1. The molecule has 3 nitrogen and oxygen atoms in total. The second-order valence-corrected chi connectivity index (χ2v) is 4.54. The van der Waals surface area contributed by atoms with Gasteiger partial charge in [-0.15, -0.1) is 0 Å². The molecule has 1 aliphatic rings. The molecule has 0 unspecified atom stereocenters. The van der Waals surface area contributed by atoms with Crippen LogP contribution in [0.1, 0.15) is 12.8 Å². The van der Waals surface area contributed by atoms with Gasteiger partial charge in [0.05, 0.1) is 11.2 Å². The Morgan fingerprint density at radius 2 is 2.24 bits per heavy atom. The predicted octanol–water partition coefficient (Wildman–Crippen LogP) is 2.55. The molecule has 1 aromatic heterocycles. The minimum atomic E-state index is -0.289. The molecule has 0 aliphatic heterocycles. The van der Waals surface area contributed by atoms with E-state index in [0.29, 0.717) is 22.9 Å². The van der Waals surface area contributed by atoms with Crippen molar-refractivity contribution in [2.75, 3.05) is 17.7 Å². The number of nitrogen functional groups attached to an aromatic ring is 1. The number of hydrogen-bond donors (Lipinski definition) is 1. The van der Waals surface area contributed by atoms with Gasteiger partial charge in [0.15, 0.2) is 5.82 Å². The summed E-state index contributed by atoms with van der Waals surface area (Å²) >= 11 is 0. The third-order valence-corrected chi connectivity index (χ3v) is 3.30. The predicted molar refractivity (Wildman–Crippen MR) is 67.5 cm³/mol. The molecule has 0 bridgehead atoms. The Kier molecular flexibility index (Phi) is 2.18. The standard InChI is InChI=1S/C13H14FN3/c1-17(8-4-5-8)13-10(14)7-11(15)9-3-2-6-16-12(9)13/h2-3,6-8H,4-5,15H2,1H3. The first kappa shape index (κ1) is 10.3. The molecule has 17 heavy (non-hydrogen) atoms. The van der Waals surface area contributed by atoms with Gasteiger partial charge in [0.2, 0.25) is 0 Å². The summed E-state index contributed by atoms with van der Waals surface area (Å²) in [6.45, 7) is 0. The van der Waals surface area contributed by atoms with E-state index in [1.165, 1.54) is 6.07 Å². The van der Waals surface area contributed by atoms with Crippen molar-refractivity contribution in [3.63, 3.8) is 0 Å². The summed E-state index contributed by atoms with van der Waals surface area (Å²) in [5, 5.41) is 0.816. The van der Waals surface area contributed by atoms with E-state index in [-0.39, 0.29) is 5.82 Å². The Bertz CT molecular complexity index is 578. The van der Waals surface area contributed by atoms with Crippen LogP contribution in [-0.2, 0) is 0 Å². The summed E-state index contributed by atoms with van der Waals surface area (Å²) in [7, 11) is 1.92. The fraction of sp³-hybridized carbons (Fsp3) is 0.308. The number of halogens is 1. The van der Waals surface area contributed by atoms with Gasteiger partial charge in [0, 0.05) is 30.4 Å². The molecule has 0 amide bonds. The minimum absolute atomic E-state index is 0.289. The minimum Gasteiger partial charge on any atom is -0.398 e. The first-order valence-electron chi connectivity index (χ1n) is 5.74. The second-order valence-electron chi connectivity index (χ2n) is 4.54. The molecule has 1 heterocycles. The summed E-state index contributed by atoms with van der Waals surface area (Å²) in [5.41, 5.74) is 7.48. The van der Waals surface area contributed by atoms with Gasteiger partial charge >= 0.3 is 0 Å². The van der Waals surface area contributed by atoms with Gasteiger partial charge in [-0.1, -0.05) is 0 Å². The number of hydrogen-bond acceptors (Lipinski definition) is 3. The highest BCUT2D eigenvalue weighted by molar-refractivity contribution is 5.99. The lowest BCUT2D eigenvalue weighted by molar-refractivity contribution is 0.624. The maximum atomic E-state index is 14.1. The van der Waals surface area contributed by atoms with Crippen molar-refractivity contribution in [3.05, 3.63) is 30.2 Å². The van der Waals surface area contributed by atoms with Crippen LogP contribution in [0.4, 0.5) is 15.8 Å². The highest BCUT2D eigenvalue weighted by Crippen LogP contribution is 2.37. The zero-order valence-electron chi connectivity index (χ0n) is 9.65. The molecule has 2 N–H and O–H groups in total. The molecule has 3 rings (SSSR count). The highest BCUT2D eigenvalue weighted by atomic mass is 19.1. The molecule has 1 fully saturated rings. The Hall–Kier alpha value is -1.84. The summed E-state index contributed by atoms with van der Waals surface area (Å²) < 4.78 is 14.1. The van der Waals surface area contributed by atoms with Gasteiger partial charge in [0.1, 0.15) is 0 Å². The van der Waals surface area contributed by atoms with Crippen molar-refractivity contribution in [1.82, 2.24) is 4.98 Å². The zero-order chi connectivity index (χ0) is 12.0. The third kappa shape index (κ3) is 1.60. The Labute approximate surface area is 99.1 Å². The van der Waals surface area contributed by atoms with Gasteiger partial charge in [0.25, 0.3) is 0 Å². The summed E-state index contributed by atoms with van der Waals surface area (Å²) in [4.78, 5) is 6.25. The van der Waals surface area contributed by atoms with Crippen LogP contribution < -0.4 is 10.6 Å². The van der Waals surface area contributed by atoms with Gasteiger partial charge in [-0.3, -0.25) is 4.98 Å². The van der Waals surface area contributed by atoms with Crippen LogP contribution in [0.2, 0.25) is 0 Å². The summed E-state index contributed by atoms with van der Waals surface area (Å²) in [6.07, 6.45) is 3.91. The van der Waals surface area contributed by atoms with E-state index in [1.54, 1.807) is 6.20 Å². The van der Waals surface area contributed by atoms with Crippen molar-refractivity contribution >= 4 is 22.3 Å². The van der Waals surface area contributed by atoms with Gasteiger partial charge in [-0.25, -0.2) is 4.39 Å². The van der Waals surface area contributed by atoms with Crippen LogP contribution in [0, 0.1) is 5.82 Å². The molecule has 0 saturated heterocycles. The zero-order valence-corrected chi connectivity index (χ0v) is 9.65. The quantitative estimate of drug-likeness (QED) is 0.808. The number of nitrogens with zero attached hydrogens (tertiary/aromatic N) is 2. The molecule has 0 radical (unpaired) electrons. The van der Waals surface area contributed by atoms with E-state index in [4.69, 9.17) is 5.73 Å². The molecule has 1 aromatic carbocycles. The molecule has 0 spiro atoms. The molecule has 1 aliphatic carbocycles. The van der Waals surface area contributed by atoms with E-state index < -0.39 is 0 Å². The molecular formula is C13H14FN3. The Morgan fingerprint density at radius 3 is 2.94 bits per heavy atom. The van der Waals surface area contributed by atoms with Gasteiger partial charge < -0.3 is 10.6 Å². The highest BCUT2D eigenvalue weighted by Gasteiger charge is 2.29. The largest absolute Gasteiger partial charge is 0.398 e. The summed E-state index contributed by atoms with van der Waals surface area (Å²) in [6, 6.07) is 5.52. The number of nitrogens with two attached hydrogens (primary N) is 1. The normalized spacial score (nSPS) is 15.2. The lowest BCUT2D eigenvalue weighted by Crippen LogP contribution is -2.21. The fourth-order valence-corrected chi connectivity index (χ4v) is 2.20. The van der Waals surface area contributed by atoms with Crippen LogP contribution in [-0.4, -0.2) is 18.1 Å². The van der Waals surface area contributed by atoms with E-state index in [0.717, 1.165) is 18.2 Å². The first-order valence-corrected chi connectivity index (χ1v) is 5.74. The molecule has 1 saturated carbocycles. The monoisotopic (exact) mass is 231 g/mol. The van der Waals surface area contributed by atoms with Crippen molar-refractivity contribution in [1.29, 1.82) is 0 Å². The first-order chi connectivity index (χ1) is 8.18. The number of benzene rings is 1. The van der Waals surface area contributed by atoms with E-state index >= 15 is 0 Å². The lowest BCUT2D eigenvalue weighted by Gasteiger charge is -2.21. The molecule has 4 heteroatoms. The topological polar surface area (TPSA) is 42.1 Å². The number of aromatic nitrogens is 1. The number of anilines is 2. The molecule has 0 atom stereocenters. The second kappa shape index (κ2) is 3.58. The van der Waals surface area contributed by atoms with Crippen molar-refractivity contribution in [3.8, 4) is 0 Å².